The summed E-state index contributed by atoms with van der Waals surface area (Å²) < 4.78 is 26.5. The molecule has 0 radical (unpaired) electrons. The second-order valence-electron chi connectivity index (χ2n) is 4.97. The fourth-order valence-electron chi connectivity index (χ4n) is 2.70. The van der Waals surface area contributed by atoms with Gasteiger partial charge < -0.3 is 5.73 Å². The lowest BCUT2D eigenvalue weighted by Crippen LogP contribution is -2.42. The highest BCUT2D eigenvalue weighted by atomic mass is 32.1. The molecule has 1 heterocycles. The molecule has 0 amide bonds. The smallest absolute Gasteiger partial charge is 0.248 e. The van der Waals surface area contributed by atoms with E-state index in [4.69, 9.17) is 5.73 Å². The van der Waals surface area contributed by atoms with Crippen LogP contribution in [0.25, 0.3) is 0 Å². The predicted octanol–water partition coefficient (Wildman–Crippen LogP) is 3.72. The zero-order valence-corrected chi connectivity index (χ0v) is 11.0. The summed E-state index contributed by atoms with van der Waals surface area (Å²) in [5, 5.41) is 2.05. The van der Waals surface area contributed by atoms with Crippen molar-refractivity contribution in [2.24, 2.45) is 5.73 Å². The van der Waals surface area contributed by atoms with Gasteiger partial charge in [0.25, 0.3) is 0 Å². The molecule has 2 rings (SSSR count). The number of hydrogen-bond acceptors (Lipinski definition) is 2. The summed E-state index contributed by atoms with van der Waals surface area (Å²) in [4.78, 5) is 1.25. The van der Waals surface area contributed by atoms with E-state index >= 15 is 0 Å². The molecule has 4 heteroatoms. The number of thiophene rings is 1. The number of alkyl halides is 2. The maximum absolute atomic E-state index is 13.3. The Morgan fingerprint density at radius 3 is 2.47 bits per heavy atom. The standard InChI is InChI=1S/C13H19F2NS/c1-2-10-3-8-17-11(10)12(9-16)4-6-13(14,15)7-5-12/h3,8H,2,4-7,9,16H2,1H3. The summed E-state index contributed by atoms with van der Waals surface area (Å²) in [6.07, 6.45) is 1.95. The van der Waals surface area contributed by atoms with Crippen LogP contribution < -0.4 is 5.73 Å². The van der Waals surface area contributed by atoms with Crippen molar-refractivity contribution in [3.63, 3.8) is 0 Å². The van der Waals surface area contributed by atoms with Gasteiger partial charge in [-0.15, -0.1) is 11.3 Å². The zero-order valence-electron chi connectivity index (χ0n) is 10.1. The van der Waals surface area contributed by atoms with Crippen LogP contribution in [-0.4, -0.2) is 12.5 Å². The molecule has 0 spiro atoms. The van der Waals surface area contributed by atoms with Crippen LogP contribution in [0.5, 0.6) is 0 Å². The molecular formula is C13H19F2NS. The quantitative estimate of drug-likeness (QED) is 0.879. The summed E-state index contributed by atoms with van der Waals surface area (Å²) >= 11 is 1.68. The molecule has 1 aromatic heterocycles. The lowest BCUT2D eigenvalue weighted by molar-refractivity contribution is -0.0505. The normalized spacial score (nSPS) is 22.6. The van der Waals surface area contributed by atoms with Crippen LogP contribution in [0.1, 0.15) is 43.0 Å². The molecular weight excluding hydrogens is 240 g/mol. The molecule has 17 heavy (non-hydrogen) atoms. The van der Waals surface area contributed by atoms with Gasteiger partial charge in [0.15, 0.2) is 0 Å². The molecule has 1 nitrogen and oxygen atoms in total. The molecule has 96 valence electrons. The highest BCUT2D eigenvalue weighted by Crippen LogP contribution is 2.47. The molecule has 0 aromatic carbocycles. The van der Waals surface area contributed by atoms with E-state index in [-0.39, 0.29) is 18.3 Å². The van der Waals surface area contributed by atoms with Crippen molar-refractivity contribution in [1.82, 2.24) is 0 Å². The largest absolute Gasteiger partial charge is 0.330 e. The van der Waals surface area contributed by atoms with Crippen LogP contribution in [0, 0.1) is 0 Å². The van der Waals surface area contributed by atoms with Gasteiger partial charge in [-0.2, -0.15) is 0 Å². The summed E-state index contributed by atoms with van der Waals surface area (Å²) in [5.74, 6) is -2.48. The van der Waals surface area contributed by atoms with Crippen molar-refractivity contribution in [3.8, 4) is 0 Å². The molecule has 0 atom stereocenters. The van der Waals surface area contributed by atoms with Crippen LogP contribution >= 0.6 is 11.3 Å². The van der Waals surface area contributed by atoms with E-state index in [0.29, 0.717) is 19.4 Å². The zero-order chi connectivity index (χ0) is 12.5. The maximum atomic E-state index is 13.3. The van der Waals surface area contributed by atoms with E-state index in [9.17, 15) is 8.78 Å². The van der Waals surface area contributed by atoms with Crippen LogP contribution in [-0.2, 0) is 11.8 Å². The number of aryl methyl sites for hydroxylation is 1. The van der Waals surface area contributed by atoms with Gasteiger partial charge in [0.05, 0.1) is 0 Å². The van der Waals surface area contributed by atoms with Gasteiger partial charge in [-0.25, -0.2) is 8.78 Å². The summed E-state index contributed by atoms with van der Waals surface area (Å²) in [7, 11) is 0. The summed E-state index contributed by atoms with van der Waals surface area (Å²) in [5.41, 5.74) is 6.99. The highest BCUT2D eigenvalue weighted by Gasteiger charge is 2.44. The summed E-state index contributed by atoms with van der Waals surface area (Å²) in [6, 6.07) is 2.10. The molecule has 1 fully saturated rings. The first-order valence-electron chi connectivity index (χ1n) is 6.18. The average Bonchev–Trinajstić information content (AvgIpc) is 2.79. The number of hydrogen-bond donors (Lipinski definition) is 1. The first-order valence-corrected chi connectivity index (χ1v) is 7.06. The monoisotopic (exact) mass is 259 g/mol. The van der Waals surface area contributed by atoms with E-state index < -0.39 is 5.92 Å². The lowest BCUT2D eigenvalue weighted by atomic mass is 9.71. The Morgan fingerprint density at radius 1 is 1.29 bits per heavy atom. The minimum absolute atomic E-state index is 0.0226. The van der Waals surface area contributed by atoms with E-state index in [1.807, 2.05) is 0 Å². The van der Waals surface area contributed by atoms with Crippen LogP contribution in [0.2, 0.25) is 0 Å². The lowest BCUT2D eigenvalue weighted by Gasteiger charge is -2.39. The molecule has 1 saturated carbocycles. The van der Waals surface area contributed by atoms with Crippen molar-refractivity contribution < 1.29 is 8.78 Å². The molecule has 1 aromatic rings. The molecule has 0 aliphatic heterocycles. The second kappa shape index (κ2) is 4.65. The highest BCUT2D eigenvalue weighted by molar-refractivity contribution is 7.10. The first kappa shape index (κ1) is 13.0. The van der Waals surface area contributed by atoms with Gasteiger partial charge >= 0.3 is 0 Å². The van der Waals surface area contributed by atoms with Crippen LogP contribution in [0.4, 0.5) is 8.78 Å². The first-order chi connectivity index (χ1) is 8.03. The van der Waals surface area contributed by atoms with Gasteiger partial charge in [0.2, 0.25) is 5.92 Å². The Bertz CT molecular complexity index is 377. The third-order valence-corrected chi connectivity index (χ3v) is 5.14. The Balaban J connectivity index is 2.27. The van der Waals surface area contributed by atoms with Crippen molar-refractivity contribution in [2.75, 3.05) is 6.54 Å². The Labute approximate surface area is 105 Å². The second-order valence-corrected chi connectivity index (χ2v) is 5.89. The average molecular weight is 259 g/mol. The fourth-order valence-corrected chi connectivity index (χ4v) is 3.97. The van der Waals surface area contributed by atoms with E-state index in [1.165, 1.54) is 10.4 Å². The fraction of sp³-hybridized carbons (Fsp3) is 0.692. The van der Waals surface area contributed by atoms with Crippen LogP contribution in [0.15, 0.2) is 11.4 Å². The molecule has 2 N–H and O–H groups in total. The van der Waals surface area contributed by atoms with E-state index in [2.05, 4.69) is 18.4 Å². The minimum Gasteiger partial charge on any atom is -0.330 e. The number of halogens is 2. The third kappa shape index (κ3) is 2.38. The Morgan fingerprint density at radius 2 is 1.94 bits per heavy atom. The van der Waals surface area contributed by atoms with Gasteiger partial charge in [0, 0.05) is 29.7 Å². The SMILES string of the molecule is CCc1ccsc1C1(CN)CCC(F)(F)CC1. The minimum atomic E-state index is -2.48. The third-order valence-electron chi connectivity index (χ3n) is 3.94. The van der Waals surface area contributed by atoms with Crippen molar-refractivity contribution in [1.29, 1.82) is 0 Å². The molecule has 1 aliphatic carbocycles. The van der Waals surface area contributed by atoms with Crippen molar-refractivity contribution in [2.45, 2.75) is 50.4 Å². The van der Waals surface area contributed by atoms with Crippen molar-refractivity contribution in [3.05, 3.63) is 21.9 Å². The maximum Gasteiger partial charge on any atom is 0.248 e. The number of nitrogens with two attached hydrogens (primary N) is 1. The Hall–Kier alpha value is -0.480. The Kier molecular flexibility index (Phi) is 3.55. The topological polar surface area (TPSA) is 26.0 Å². The van der Waals surface area contributed by atoms with Gasteiger partial charge in [-0.3, -0.25) is 0 Å². The molecule has 0 saturated heterocycles. The van der Waals surface area contributed by atoms with E-state index in [0.717, 1.165) is 6.42 Å². The molecule has 0 unspecified atom stereocenters. The van der Waals surface area contributed by atoms with Gasteiger partial charge in [-0.1, -0.05) is 6.92 Å². The molecule has 0 bridgehead atoms. The summed E-state index contributed by atoms with van der Waals surface area (Å²) in [6.45, 7) is 2.59. The number of rotatable bonds is 3. The van der Waals surface area contributed by atoms with E-state index in [1.54, 1.807) is 11.3 Å². The molecule has 1 aliphatic rings. The van der Waals surface area contributed by atoms with Crippen LogP contribution in [0.3, 0.4) is 0 Å². The van der Waals surface area contributed by atoms with Gasteiger partial charge in [-0.05, 0) is 36.3 Å². The van der Waals surface area contributed by atoms with Crippen molar-refractivity contribution >= 4 is 11.3 Å². The predicted molar refractivity (Wildman–Crippen MR) is 67.8 cm³/mol. The van der Waals surface area contributed by atoms with Gasteiger partial charge in [0.1, 0.15) is 0 Å².